The molecule has 16 heavy (non-hydrogen) atoms. The Labute approximate surface area is 96.5 Å². The van der Waals surface area contributed by atoms with Crippen LogP contribution < -0.4 is 11.1 Å². The molecule has 1 amide bonds. The molecule has 0 radical (unpaired) electrons. The number of nitrogens with zero attached hydrogens (tertiary/aromatic N) is 1. The Kier molecular flexibility index (Phi) is 2.27. The molecule has 1 saturated heterocycles. The third kappa shape index (κ3) is 1.84. The Balaban J connectivity index is 1.48. The lowest BCUT2D eigenvalue weighted by Crippen LogP contribution is -2.71. The summed E-state index contributed by atoms with van der Waals surface area (Å²) in [5, 5.41) is 3.05. The lowest BCUT2D eigenvalue weighted by atomic mass is 9.84. The van der Waals surface area contributed by atoms with E-state index in [-0.39, 0.29) is 17.5 Å². The fraction of sp³-hybridized carbons (Fsp3) is 0.917. The summed E-state index contributed by atoms with van der Waals surface area (Å²) in [6.07, 6.45) is 4.88. The number of nitrogens with two attached hydrogens (primary N) is 1. The van der Waals surface area contributed by atoms with Crippen molar-refractivity contribution in [1.29, 1.82) is 0 Å². The van der Waals surface area contributed by atoms with Gasteiger partial charge in [0.05, 0.1) is 6.04 Å². The van der Waals surface area contributed by atoms with E-state index in [1.807, 2.05) is 6.92 Å². The van der Waals surface area contributed by atoms with Gasteiger partial charge in [-0.1, -0.05) is 0 Å². The van der Waals surface area contributed by atoms with Crippen LogP contribution in [-0.4, -0.2) is 41.5 Å². The largest absolute Gasteiger partial charge is 0.352 e. The van der Waals surface area contributed by atoms with Crippen molar-refractivity contribution in [2.75, 3.05) is 13.1 Å². The summed E-state index contributed by atoms with van der Waals surface area (Å²) in [6.45, 7) is 3.79. The first-order chi connectivity index (χ1) is 7.58. The third-order valence-electron chi connectivity index (χ3n) is 4.24. The first kappa shape index (κ1) is 10.5. The van der Waals surface area contributed by atoms with Crippen LogP contribution in [0.4, 0.5) is 0 Å². The zero-order valence-electron chi connectivity index (χ0n) is 9.91. The normalized spacial score (nSPS) is 30.6. The van der Waals surface area contributed by atoms with Crippen LogP contribution in [0, 0.1) is 5.92 Å². The summed E-state index contributed by atoms with van der Waals surface area (Å²) < 4.78 is 0. The topological polar surface area (TPSA) is 58.4 Å². The van der Waals surface area contributed by atoms with Gasteiger partial charge in [-0.2, -0.15) is 0 Å². The maximum Gasteiger partial charge on any atom is 0.237 e. The highest BCUT2D eigenvalue weighted by Crippen LogP contribution is 2.43. The van der Waals surface area contributed by atoms with E-state index >= 15 is 0 Å². The third-order valence-corrected chi connectivity index (χ3v) is 4.24. The molecule has 1 aliphatic heterocycles. The molecule has 1 atom stereocenters. The van der Waals surface area contributed by atoms with Gasteiger partial charge in [0.1, 0.15) is 0 Å². The molecule has 4 nitrogen and oxygen atoms in total. The molecular formula is C12H21N3O. The highest BCUT2D eigenvalue weighted by atomic mass is 16.2. The predicted octanol–water partition coefficient (Wildman–Crippen LogP) is 0.0766. The van der Waals surface area contributed by atoms with Crippen molar-refractivity contribution < 1.29 is 4.79 Å². The van der Waals surface area contributed by atoms with Crippen molar-refractivity contribution in [3.05, 3.63) is 0 Å². The highest BCUT2D eigenvalue weighted by Gasteiger charge is 2.52. The van der Waals surface area contributed by atoms with Crippen LogP contribution in [0.3, 0.4) is 0 Å². The average molecular weight is 223 g/mol. The van der Waals surface area contributed by atoms with E-state index in [1.165, 1.54) is 12.8 Å². The molecule has 4 heteroatoms. The van der Waals surface area contributed by atoms with E-state index in [1.54, 1.807) is 0 Å². The SMILES string of the molecule is CC(C(=O)NC1CC1)N1CC(N)(C2CC2)C1. The minimum Gasteiger partial charge on any atom is -0.352 e. The molecule has 0 aromatic heterocycles. The average Bonchev–Trinajstić information content (AvgIpc) is 3.00. The number of rotatable bonds is 4. The van der Waals surface area contributed by atoms with Crippen LogP contribution in [0.25, 0.3) is 0 Å². The van der Waals surface area contributed by atoms with E-state index in [0.29, 0.717) is 6.04 Å². The number of carbonyl (C=O) groups is 1. The second-order valence-electron chi connectivity index (χ2n) is 5.87. The van der Waals surface area contributed by atoms with Crippen LogP contribution in [-0.2, 0) is 4.79 Å². The molecule has 0 bridgehead atoms. The van der Waals surface area contributed by atoms with E-state index in [4.69, 9.17) is 5.73 Å². The van der Waals surface area contributed by atoms with Crippen LogP contribution >= 0.6 is 0 Å². The quantitative estimate of drug-likeness (QED) is 0.709. The highest BCUT2D eigenvalue weighted by molar-refractivity contribution is 5.82. The molecule has 2 aliphatic carbocycles. The zero-order valence-corrected chi connectivity index (χ0v) is 9.91. The number of likely N-dealkylation sites (tertiary alicyclic amines) is 1. The molecule has 2 saturated carbocycles. The van der Waals surface area contributed by atoms with Crippen molar-refractivity contribution in [3.63, 3.8) is 0 Å². The molecule has 1 unspecified atom stereocenters. The number of nitrogens with one attached hydrogen (secondary N) is 1. The minimum absolute atomic E-state index is 0.00368. The summed E-state index contributed by atoms with van der Waals surface area (Å²) in [7, 11) is 0. The molecular weight excluding hydrogens is 202 g/mol. The van der Waals surface area contributed by atoms with Crippen LogP contribution in [0.5, 0.6) is 0 Å². The van der Waals surface area contributed by atoms with Crippen LogP contribution in [0.15, 0.2) is 0 Å². The van der Waals surface area contributed by atoms with Gasteiger partial charge in [-0.3, -0.25) is 9.69 Å². The minimum atomic E-state index is -0.00368. The van der Waals surface area contributed by atoms with Gasteiger partial charge in [-0.05, 0) is 38.5 Å². The fourth-order valence-corrected chi connectivity index (χ4v) is 2.62. The number of amides is 1. The Hall–Kier alpha value is -0.610. The molecule has 3 fully saturated rings. The first-order valence-corrected chi connectivity index (χ1v) is 6.42. The maximum atomic E-state index is 11.8. The predicted molar refractivity (Wildman–Crippen MR) is 61.8 cm³/mol. The summed E-state index contributed by atoms with van der Waals surface area (Å²) in [4.78, 5) is 14.0. The van der Waals surface area contributed by atoms with Gasteiger partial charge in [-0.15, -0.1) is 0 Å². The van der Waals surface area contributed by atoms with Crippen molar-refractivity contribution in [2.24, 2.45) is 11.7 Å². The Morgan fingerprint density at radius 3 is 2.50 bits per heavy atom. The van der Waals surface area contributed by atoms with Gasteiger partial charge in [0.2, 0.25) is 5.91 Å². The standard InChI is InChI=1S/C12H21N3O/c1-8(11(16)14-10-4-5-10)15-6-12(13,7-15)9-2-3-9/h8-10H,2-7,13H2,1H3,(H,14,16). The lowest BCUT2D eigenvalue weighted by molar-refractivity contribution is -0.129. The van der Waals surface area contributed by atoms with Gasteiger partial charge >= 0.3 is 0 Å². The van der Waals surface area contributed by atoms with E-state index in [9.17, 15) is 4.79 Å². The molecule has 3 rings (SSSR count). The fourth-order valence-electron chi connectivity index (χ4n) is 2.62. The Morgan fingerprint density at radius 2 is 2.00 bits per heavy atom. The van der Waals surface area contributed by atoms with Gasteiger partial charge in [-0.25, -0.2) is 0 Å². The molecule has 90 valence electrons. The number of hydrogen-bond donors (Lipinski definition) is 2. The smallest absolute Gasteiger partial charge is 0.237 e. The van der Waals surface area contributed by atoms with Gasteiger partial charge in [0.25, 0.3) is 0 Å². The van der Waals surface area contributed by atoms with Crippen LogP contribution in [0.2, 0.25) is 0 Å². The van der Waals surface area contributed by atoms with Crippen molar-refractivity contribution in [1.82, 2.24) is 10.2 Å². The van der Waals surface area contributed by atoms with Crippen LogP contribution in [0.1, 0.15) is 32.6 Å². The molecule has 3 aliphatic rings. The van der Waals surface area contributed by atoms with Gasteiger partial charge in [0, 0.05) is 24.7 Å². The Bertz CT molecular complexity index is 303. The van der Waals surface area contributed by atoms with Gasteiger partial charge in [0.15, 0.2) is 0 Å². The van der Waals surface area contributed by atoms with Crippen molar-refractivity contribution in [3.8, 4) is 0 Å². The zero-order chi connectivity index (χ0) is 11.3. The van der Waals surface area contributed by atoms with E-state index in [2.05, 4.69) is 10.2 Å². The molecule has 0 spiro atoms. The number of carbonyl (C=O) groups excluding carboxylic acids is 1. The second-order valence-corrected chi connectivity index (χ2v) is 5.87. The molecule has 3 N–H and O–H groups in total. The first-order valence-electron chi connectivity index (χ1n) is 6.42. The van der Waals surface area contributed by atoms with Crippen molar-refractivity contribution in [2.45, 2.75) is 50.2 Å². The molecule has 1 heterocycles. The Morgan fingerprint density at radius 1 is 1.38 bits per heavy atom. The second kappa shape index (κ2) is 3.44. The summed E-state index contributed by atoms with van der Waals surface area (Å²) in [5.74, 6) is 0.905. The summed E-state index contributed by atoms with van der Waals surface area (Å²) >= 11 is 0. The number of hydrogen-bond acceptors (Lipinski definition) is 3. The summed E-state index contributed by atoms with van der Waals surface area (Å²) in [6, 6.07) is 0.457. The van der Waals surface area contributed by atoms with E-state index in [0.717, 1.165) is 31.8 Å². The monoisotopic (exact) mass is 223 g/mol. The maximum absolute atomic E-state index is 11.8. The van der Waals surface area contributed by atoms with Gasteiger partial charge < -0.3 is 11.1 Å². The van der Waals surface area contributed by atoms with Crippen molar-refractivity contribution >= 4 is 5.91 Å². The molecule has 0 aromatic carbocycles. The lowest BCUT2D eigenvalue weighted by Gasteiger charge is -2.50. The summed E-state index contributed by atoms with van der Waals surface area (Å²) in [5.41, 5.74) is 6.30. The molecule has 0 aromatic rings. The van der Waals surface area contributed by atoms with E-state index < -0.39 is 0 Å².